The minimum atomic E-state index is 0.228. The molecule has 1 rings (SSSR count). The second kappa shape index (κ2) is 2.95. The van der Waals surface area contributed by atoms with Gasteiger partial charge < -0.3 is 0 Å². The van der Waals surface area contributed by atoms with Gasteiger partial charge in [0, 0.05) is 5.41 Å². The standard InChI is InChI=1S/C11H18S/c1-7-6-11(5,10(4)12)9(3)8(7)2/h8-9H,1,6H2,2-5H3/t8?,9?,11-/m1/s1. The maximum Gasteiger partial charge on any atom is 0.00538 e. The highest BCUT2D eigenvalue weighted by Crippen LogP contribution is 2.49. The average Bonchev–Trinajstić information content (AvgIpc) is 2.17. The van der Waals surface area contributed by atoms with Crippen LogP contribution in [0.15, 0.2) is 12.2 Å². The van der Waals surface area contributed by atoms with Crippen LogP contribution in [0.1, 0.15) is 34.1 Å². The van der Waals surface area contributed by atoms with Crippen LogP contribution in [0.3, 0.4) is 0 Å². The van der Waals surface area contributed by atoms with Gasteiger partial charge in [0.15, 0.2) is 0 Å². The van der Waals surface area contributed by atoms with Gasteiger partial charge >= 0.3 is 0 Å². The molecule has 0 aliphatic heterocycles. The largest absolute Gasteiger partial charge is 0.0995 e. The van der Waals surface area contributed by atoms with E-state index in [0.717, 1.165) is 11.3 Å². The summed E-state index contributed by atoms with van der Waals surface area (Å²) in [5, 5.41) is 0. The Morgan fingerprint density at radius 3 is 2.25 bits per heavy atom. The van der Waals surface area contributed by atoms with Crippen molar-refractivity contribution in [3.8, 4) is 0 Å². The molecule has 1 aliphatic rings. The van der Waals surface area contributed by atoms with Crippen molar-refractivity contribution < 1.29 is 0 Å². The maximum atomic E-state index is 5.31. The van der Waals surface area contributed by atoms with E-state index in [1.165, 1.54) is 5.57 Å². The molecule has 1 saturated carbocycles. The molecule has 1 fully saturated rings. The molecule has 0 bridgehead atoms. The highest BCUT2D eigenvalue weighted by atomic mass is 32.1. The summed E-state index contributed by atoms with van der Waals surface area (Å²) in [6.45, 7) is 13.0. The molecule has 3 atom stereocenters. The molecule has 0 radical (unpaired) electrons. The van der Waals surface area contributed by atoms with Crippen LogP contribution in [0.25, 0.3) is 0 Å². The first-order chi connectivity index (χ1) is 5.39. The molecular formula is C11H18S. The third kappa shape index (κ3) is 1.24. The highest BCUT2D eigenvalue weighted by Gasteiger charge is 2.43. The van der Waals surface area contributed by atoms with E-state index in [0.29, 0.717) is 11.8 Å². The topological polar surface area (TPSA) is 0 Å². The van der Waals surface area contributed by atoms with Gasteiger partial charge in [-0.15, -0.1) is 0 Å². The van der Waals surface area contributed by atoms with Gasteiger partial charge in [-0.3, -0.25) is 0 Å². The van der Waals surface area contributed by atoms with Gasteiger partial charge in [0.25, 0.3) is 0 Å². The fourth-order valence-electron chi connectivity index (χ4n) is 2.14. The smallest absolute Gasteiger partial charge is 0.00538 e. The Morgan fingerprint density at radius 1 is 1.58 bits per heavy atom. The zero-order valence-electron chi connectivity index (χ0n) is 8.48. The number of thiocarbonyl (C=S) groups is 1. The van der Waals surface area contributed by atoms with Gasteiger partial charge in [0.2, 0.25) is 0 Å². The van der Waals surface area contributed by atoms with Crippen molar-refractivity contribution in [3.05, 3.63) is 12.2 Å². The van der Waals surface area contributed by atoms with E-state index in [1.807, 2.05) is 0 Å². The van der Waals surface area contributed by atoms with Gasteiger partial charge in [-0.25, -0.2) is 0 Å². The van der Waals surface area contributed by atoms with Gasteiger partial charge in [0.1, 0.15) is 0 Å². The molecule has 68 valence electrons. The molecule has 0 aromatic heterocycles. The normalized spacial score (nSPS) is 41.8. The summed E-state index contributed by atoms with van der Waals surface area (Å²) in [6, 6.07) is 0. The summed E-state index contributed by atoms with van der Waals surface area (Å²) in [5.41, 5.74) is 1.60. The number of allylic oxidation sites excluding steroid dienone is 1. The van der Waals surface area contributed by atoms with Gasteiger partial charge in [-0.2, -0.15) is 0 Å². The fraction of sp³-hybridized carbons (Fsp3) is 0.727. The van der Waals surface area contributed by atoms with Crippen molar-refractivity contribution in [2.75, 3.05) is 0 Å². The first-order valence-corrected chi connectivity index (χ1v) is 4.99. The van der Waals surface area contributed by atoms with E-state index in [4.69, 9.17) is 12.2 Å². The third-order valence-electron chi connectivity index (χ3n) is 3.80. The lowest BCUT2D eigenvalue weighted by Gasteiger charge is -2.29. The maximum absolute atomic E-state index is 5.31. The van der Waals surface area contributed by atoms with Crippen LogP contribution in [0.5, 0.6) is 0 Å². The Bertz CT molecular complexity index is 227. The summed E-state index contributed by atoms with van der Waals surface area (Å²) >= 11 is 5.31. The molecule has 1 aliphatic carbocycles. The lowest BCUT2D eigenvalue weighted by Crippen LogP contribution is -2.28. The summed E-state index contributed by atoms with van der Waals surface area (Å²) in [5.74, 6) is 1.29. The molecule has 0 nitrogen and oxygen atoms in total. The predicted octanol–water partition coefficient (Wildman–Crippen LogP) is 3.61. The minimum Gasteiger partial charge on any atom is -0.0995 e. The fourth-order valence-corrected chi connectivity index (χ4v) is 2.40. The number of hydrogen-bond acceptors (Lipinski definition) is 1. The molecule has 0 aromatic carbocycles. The summed E-state index contributed by atoms with van der Waals surface area (Å²) < 4.78 is 0. The molecule has 0 N–H and O–H groups in total. The Kier molecular flexibility index (Phi) is 2.44. The Labute approximate surface area is 81.1 Å². The molecule has 0 aromatic rings. The van der Waals surface area contributed by atoms with Crippen molar-refractivity contribution in [3.63, 3.8) is 0 Å². The van der Waals surface area contributed by atoms with Crippen LogP contribution < -0.4 is 0 Å². The van der Waals surface area contributed by atoms with Crippen molar-refractivity contribution >= 4 is 17.1 Å². The molecule has 0 saturated heterocycles. The van der Waals surface area contributed by atoms with Crippen molar-refractivity contribution in [2.24, 2.45) is 17.3 Å². The first kappa shape index (κ1) is 9.91. The summed E-state index contributed by atoms with van der Waals surface area (Å²) in [4.78, 5) is 1.14. The van der Waals surface area contributed by atoms with Crippen LogP contribution in [-0.2, 0) is 0 Å². The van der Waals surface area contributed by atoms with Gasteiger partial charge in [-0.1, -0.05) is 45.1 Å². The molecule has 0 amide bonds. The van der Waals surface area contributed by atoms with E-state index < -0.39 is 0 Å². The van der Waals surface area contributed by atoms with Crippen molar-refractivity contribution in [1.82, 2.24) is 0 Å². The lowest BCUT2D eigenvalue weighted by atomic mass is 9.76. The Hall–Kier alpha value is -0.170. The van der Waals surface area contributed by atoms with Crippen LogP contribution >= 0.6 is 12.2 Å². The van der Waals surface area contributed by atoms with E-state index in [2.05, 4.69) is 34.3 Å². The minimum absolute atomic E-state index is 0.228. The van der Waals surface area contributed by atoms with Crippen LogP contribution in [0.2, 0.25) is 0 Å². The lowest BCUT2D eigenvalue weighted by molar-refractivity contribution is 0.320. The van der Waals surface area contributed by atoms with E-state index >= 15 is 0 Å². The molecular weight excluding hydrogens is 164 g/mol. The van der Waals surface area contributed by atoms with E-state index in [9.17, 15) is 0 Å². The van der Waals surface area contributed by atoms with Gasteiger partial charge in [0.05, 0.1) is 0 Å². The zero-order chi connectivity index (χ0) is 9.52. The molecule has 2 unspecified atom stereocenters. The Morgan fingerprint density at radius 2 is 2.08 bits per heavy atom. The average molecular weight is 182 g/mol. The predicted molar refractivity (Wildman–Crippen MR) is 58.5 cm³/mol. The van der Waals surface area contributed by atoms with E-state index in [-0.39, 0.29) is 5.41 Å². The van der Waals surface area contributed by atoms with Gasteiger partial charge in [-0.05, 0) is 30.0 Å². The number of hydrogen-bond donors (Lipinski definition) is 0. The highest BCUT2D eigenvalue weighted by molar-refractivity contribution is 7.80. The van der Waals surface area contributed by atoms with E-state index in [1.54, 1.807) is 0 Å². The van der Waals surface area contributed by atoms with Crippen LogP contribution in [0, 0.1) is 17.3 Å². The molecule has 0 spiro atoms. The summed E-state index contributed by atoms with van der Waals surface area (Å²) in [7, 11) is 0. The Balaban J connectivity index is 2.97. The van der Waals surface area contributed by atoms with Crippen molar-refractivity contribution in [1.29, 1.82) is 0 Å². The summed E-state index contributed by atoms with van der Waals surface area (Å²) in [6.07, 6.45) is 1.09. The van der Waals surface area contributed by atoms with Crippen LogP contribution in [0.4, 0.5) is 0 Å². The molecule has 1 heteroatoms. The third-order valence-corrected chi connectivity index (χ3v) is 4.26. The SMILES string of the molecule is C=C1C[C@@](C)(C(C)=S)C(C)C1C. The number of rotatable bonds is 1. The second-order valence-corrected chi connectivity index (χ2v) is 5.00. The zero-order valence-corrected chi connectivity index (χ0v) is 9.29. The van der Waals surface area contributed by atoms with Crippen LogP contribution in [-0.4, -0.2) is 4.86 Å². The molecule has 12 heavy (non-hydrogen) atoms. The van der Waals surface area contributed by atoms with Crippen molar-refractivity contribution in [2.45, 2.75) is 34.1 Å². The first-order valence-electron chi connectivity index (χ1n) is 4.58. The monoisotopic (exact) mass is 182 g/mol. The quantitative estimate of drug-likeness (QED) is 0.441. The second-order valence-electron chi connectivity index (χ2n) is 4.39. The molecule has 0 heterocycles.